The number of hydrogen-bond donors (Lipinski definition) is 6. The van der Waals surface area contributed by atoms with Crippen molar-refractivity contribution in [1.82, 2.24) is 10.6 Å². The normalized spacial score (nSPS) is 40.9. The summed E-state index contributed by atoms with van der Waals surface area (Å²) in [6.07, 6.45) is 0.362. The van der Waals surface area contributed by atoms with Gasteiger partial charge in [0.25, 0.3) is 0 Å². The Balaban J connectivity index is 2.07. The Morgan fingerprint density at radius 1 is 1.16 bits per heavy atom. The maximum absolute atomic E-state index is 10.6. The maximum Gasteiger partial charge on any atom is 0.132 e. The molecule has 0 aromatic heterocycles. The number of hydrogen-bond acceptors (Lipinski definition) is 8. The van der Waals surface area contributed by atoms with E-state index in [9.17, 15) is 20.4 Å². The van der Waals surface area contributed by atoms with Crippen LogP contribution in [0.1, 0.15) is 32.6 Å². The zero-order valence-corrected chi connectivity index (χ0v) is 16.3. The summed E-state index contributed by atoms with van der Waals surface area (Å²) in [5.41, 5.74) is -0.670. The summed E-state index contributed by atoms with van der Waals surface area (Å²) in [4.78, 5) is 0. The molecule has 0 aromatic carbocycles. The quantitative estimate of drug-likeness (QED) is 0.264. The van der Waals surface area contributed by atoms with E-state index in [-0.39, 0.29) is 6.04 Å². The van der Waals surface area contributed by atoms with Gasteiger partial charge in [0.1, 0.15) is 36.1 Å². The first-order valence-corrected chi connectivity index (χ1v) is 10.6. The minimum atomic E-state index is -1.33. The van der Waals surface area contributed by atoms with Crippen molar-refractivity contribution in [3.63, 3.8) is 0 Å². The fraction of sp³-hybridized carbons (Fsp3) is 1.00. The largest absolute Gasteiger partial charge is 0.388 e. The Kier molecular flexibility index (Phi) is 8.71. The molecular formula is C16H31ClN2O5S. The molecule has 0 radical (unpaired) electrons. The lowest BCUT2D eigenvalue weighted by atomic mass is 9.92. The summed E-state index contributed by atoms with van der Waals surface area (Å²) in [6, 6.07) is -0.693. The monoisotopic (exact) mass is 398 g/mol. The van der Waals surface area contributed by atoms with E-state index in [0.29, 0.717) is 0 Å². The van der Waals surface area contributed by atoms with Crippen LogP contribution in [-0.4, -0.2) is 86.8 Å². The number of rotatable bonds is 6. The van der Waals surface area contributed by atoms with Crippen molar-refractivity contribution in [3.05, 3.63) is 0 Å². The van der Waals surface area contributed by atoms with E-state index in [1.165, 1.54) is 11.8 Å². The molecule has 9 heteroatoms. The van der Waals surface area contributed by atoms with Crippen molar-refractivity contribution in [2.24, 2.45) is 0 Å². The lowest BCUT2D eigenvalue weighted by Crippen LogP contribution is -2.66. The van der Waals surface area contributed by atoms with E-state index in [2.05, 4.69) is 10.6 Å². The molecule has 25 heavy (non-hydrogen) atoms. The topological polar surface area (TPSA) is 114 Å². The Morgan fingerprint density at radius 3 is 2.52 bits per heavy atom. The van der Waals surface area contributed by atoms with E-state index in [4.69, 9.17) is 16.3 Å². The van der Waals surface area contributed by atoms with Crippen molar-refractivity contribution >= 4 is 23.4 Å². The molecule has 0 saturated carbocycles. The molecule has 9 atom stereocenters. The third-order valence-corrected chi connectivity index (χ3v) is 6.16. The highest BCUT2D eigenvalue weighted by molar-refractivity contribution is 7.99. The Morgan fingerprint density at radius 2 is 1.88 bits per heavy atom. The van der Waals surface area contributed by atoms with Gasteiger partial charge in [0, 0.05) is 11.4 Å². The molecule has 0 bridgehead atoms. The van der Waals surface area contributed by atoms with Gasteiger partial charge < -0.3 is 30.5 Å². The van der Waals surface area contributed by atoms with Gasteiger partial charge in [-0.3, -0.25) is 5.32 Å². The highest BCUT2D eigenvalue weighted by atomic mass is 35.5. The van der Waals surface area contributed by atoms with Crippen molar-refractivity contribution in [3.8, 4) is 0 Å². The van der Waals surface area contributed by atoms with Crippen LogP contribution in [0, 0.1) is 0 Å². The van der Waals surface area contributed by atoms with Crippen LogP contribution in [0.15, 0.2) is 0 Å². The fourth-order valence-corrected chi connectivity index (χ4v) is 4.39. The number of ether oxygens (including phenoxy) is 1. The van der Waals surface area contributed by atoms with Gasteiger partial charge in [-0.2, -0.15) is 0 Å². The average Bonchev–Trinajstić information content (AvgIpc) is 2.87. The van der Waals surface area contributed by atoms with Crippen LogP contribution in [-0.2, 0) is 4.74 Å². The number of nitrogens with one attached hydrogen (secondary N) is 2. The molecule has 7 nitrogen and oxygen atoms in total. The van der Waals surface area contributed by atoms with Gasteiger partial charge >= 0.3 is 0 Å². The van der Waals surface area contributed by atoms with Crippen LogP contribution in [0.4, 0.5) is 0 Å². The van der Waals surface area contributed by atoms with E-state index < -0.39 is 47.5 Å². The van der Waals surface area contributed by atoms with E-state index >= 15 is 0 Å². The Bertz CT molecular complexity index is 399. The van der Waals surface area contributed by atoms with Gasteiger partial charge in [-0.25, -0.2) is 0 Å². The number of aliphatic hydroxyl groups is 4. The second-order valence-electron chi connectivity index (χ2n) is 6.90. The van der Waals surface area contributed by atoms with Crippen LogP contribution in [0.25, 0.3) is 0 Å². The zero-order chi connectivity index (χ0) is 18.6. The van der Waals surface area contributed by atoms with Crippen LogP contribution in [0.5, 0.6) is 0 Å². The first kappa shape index (κ1) is 21.7. The third-order valence-electron chi connectivity index (χ3n) is 5.03. The van der Waals surface area contributed by atoms with Gasteiger partial charge in [0.2, 0.25) is 0 Å². The standard InChI is InChI=1S/C16H31ClN2O5S/c1-8(17)10(19-15(23)9-6-4-3-5-7-18-9)14-12(21)11(20)13(22)16(24-14)25-2/h8-16,18-23H,3-7H2,1-2H3. The van der Waals surface area contributed by atoms with Crippen molar-refractivity contribution in [2.75, 3.05) is 12.8 Å². The molecule has 6 N–H and O–H groups in total. The molecular weight excluding hydrogens is 368 g/mol. The van der Waals surface area contributed by atoms with Crippen molar-refractivity contribution in [1.29, 1.82) is 0 Å². The predicted molar refractivity (Wildman–Crippen MR) is 98.7 cm³/mol. The number of thioether (sulfide) groups is 1. The number of halogens is 1. The summed E-state index contributed by atoms with van der Waals surface area (Å²) >= 11 is 7.55. The molecule has 0 aromatic rings. The van der Waals surface area contributed by atoms with E-state index in [0.717, 1.165) is 32.2 Å². The second kappa shape index (κ2) is 10.1. The molecule has 148 valence electrons. The lowest BCUT2D eigenvalue weighted by Gasteiger charge is -2.44. The van der Waals surface area contributed by atoms with Crippen LogP contribution >= 0.6 is 23.4 Å². The Hall–Kier alpha value is 0.360. The summed E-state index contributed by atoms with van der Waals surface area (Å²) in [7, 11) is 0. The zero-order valence-electron chi connectivity index (χ0n) is 14.7. The van der Waals surface area contributed by atoms with Gasteiger partial charge in [-0.05, 0) is 32.6 Å². The minimum absolute atomic E-state index is 0.104. The molecule has 2 rings (SSSR count). The second-order valence-corrected chi connectivity index (χ2v) is 8.53. The van der Waals surface area contributed by atoms with E-state index in [1.807, 2.05) is 0 Å². The summed E-state index contributed by atoms with van der Waals surface area (Å²) in [6.45, 7) is 2.60. The molecule has 0 amide bonds. The minimum Gasteiger partial charge on any atom is -0.388 e. The molecule has 0 aliphatic carbocycles. The van der Waals surface area contributed by atoms with Gasteiger partial charge in [0.05, 0.1) is 6.04 Å². The van der Waals surface area contributed by atoms with Gasteiger partial charge in [-0.15, -0.1) is 23.4 Å². The predicted octanol–water partition coefficient (Wildman–Crippen LogP) is -0.407. The number of alkyl halides is 1. The maximum atomic E-state index is 10.6. The fourth-order valence-electron chi connectivity index (χ4n) is 3.49. The lowest BCUT2D eigenvalue weighted by molar-refractivity contribution is -0.207. The molecule has 2 saturated heterocycles. The van der Waals surface area contributed by atoms with Crippen LogP contribution < -0.4 is 10.6 Å². The van der Waals surface area contributed by atoms with Crippen LogP contribution in [0.2, 0.25) is 0 Å². The first-order chi connectivity index (χ1) is 11.9. The highest BCUT2D eigenvalue weighted by Gasteiger charge is 2.47. The van der Waals surface area contributed by atoms with Gasteiger partial charge in [-0.1, -0.05) is 12.8 Å². The molecule has 2 aliphatic heterocycles. The summed E-state index contributed by atoms with van der Waals surface area (Å²) in [5, 5.41) is 47.0. The smallest absolute Gasteiger partial charge is 0.132 e. The van der Waals surface area contributed by atoms with Crippen molar-refractivity contribution in [2.45, 2.75) is 86.1 Å². The van der Waals surface area contributed by atoms with E-state index in [1.54, 1.807) is 13.2 Å². The molecule has 9 unspecified atom stereocenters. The number of aliphatic hydroxyl groups excluding tert-OH is 4. The summed E-state index contributed by atoms with van der Waals surface area (Å²) in [5.74, 6) is 0. The first-order valence-electron chi connectivity index (χ1n) is 8.90. The molecule has 0 spiro atoms. The SMILES string of the molecule is CSC1OC(C(NC(O)C2CCCCCN2)C(C)Cl)C(O)C(O)C1O. The molecule has 2 aliphatic rings. The van der Waals surface area contributed by atoms with Gasteiger partial charge in [0.15, 0.2) is 0 Å². The van der Waals surface area contributed by atoms with Crippen LogP contribution in [0.3, 0.4) is 0 Å². The summed E-state index contributed by atoms with van der Waals surface area (Å²) < 4.78 is 5.79. The van der Waals surface area contributed by atoms with Crippen molar-refractivity contribution < 1.29 is 25.2 Å². The molecule has 2 heterocycles. The molecule has 2 fully saturated rings. The average molecular weight is 399 g/mol. The third kappa shape index (κ3) is 5.43. The Labute approximate surface area is 158 Å². The highest BCUT2D eigenvalue weighted by Crippen LogP contribution is 2.30.